The van der Waals surface area contributed by atoms with Gasteiger partial charge in [-0.1, -0.05) is 41.0 Å². The van der Waals surface area contributed by atoms with Gasteiger partial charge in [0.25, 0.3) is 5.89 Å². The number of hydrogen-bond acceptors (Lipinski definition) is 6. The van der Waals surface area contributed by atoms with E-state index in [9.17, 15) is 9.90 Å². The van der Waals surface area contributed by atoms with Gasteiger partial charge in [-0.15, -0.1) is 0 Å². The third-order valence-corrected chi connectivity index (χ3v) is 6.13. The average molecular weight is 476 g/mol. The molecule has 1 aliphatic rings. The Morgan fingerprint density at radius 3 is 2.59 bits per heavy atom. The van der Waals surface area contributed by atoms with Crippen molar-refractivity contribution in [3.05, 3.63) is 83.4 Å². The first-order chi connectivity index (χ1) is 16.6. The summed E-state index contributed by atoms with van der Waals surface area (Å²) in [5.74, 6) is 1.45. The summed E-state index contributed by atoms with van der Waals surface area (Å²) in [4.78, 5) is 17.9. The number of halogens is 1. The molecule has 3 aromatic carbocycles. The molecule has 0 radical (unpaired) electrons. The maximum Gasteiger partial charge on any atom is 0.320 e. The molecule has 0 saturated carbocycles. The minimum Gasteiger partial charge on any atom is -0.480 e. The molecule has 8 heteroatoms. The Bertz CT molecular complexity index is 1290. The number of benzene rings is 3. The molecule has 0 aliphatic carbocycles. The lowest BCUT2D eigenvalue weighted by Crippen LogP contribution is -2.35. The van der Waals surface area contributed by atoms with E-state index in [0.29, 0.717) is 41.0 Å². The van der Waals surface area contributed by atoms with Gasteiger partial charge in [0.2, 0.25) is 5.82 Å². The van der Waals surface area contributed by atoms with Gasteiger partial charge in [-0.2, -0.15) is 4.98 Å². The second-order valence-corrected chi connectivity index (χ2v) is 8.55. The molecule has 1 fully saturated rings. The van der Waals surface area contributed by atoms with Crippen molar-refractivity contribution in [3.8, 4) is 34.3 Å². The first-order valence-electron chi connectivity index (χ1n) is 11.0. The van der Waals surface area contributed by atoms with Crippen LogP contribution in [0.4, 0.5) is 0 Å². The van der Waals surface area contributed by atoms with Gasteiger partial charge in [0.05, 0.1) is 5.02 Å². The van der Waals surface area contributed by atoms with Crippen molar-refractivity contribution >= 4 is 17.6 Å². The van der Waals surface area contributed by atoms with Crippen molar-refractivity contribution in [1.82, 2.24) is 15.0 Å². The molecule has 0 spiro atoms. The number of aliphatic carboxylic acids is 1. The summed E-state index contributed by atoms with van der Waals surface area (Å²) >= 11 is 6.53. The molecular formula is C26H22ClN3O4. The van der Waals surface area contributed by atoms with E-state index >= 15 is 0 Å². The molecule has 1 aromatic heterocycles. The highest BCUT2D eigenvalue weighted by Crippen LogP contribution is 2.31. The van der Waals surface area contributed by atoms with Crippen molar-refractivity contribution in [2.45, 2.75) is 25.4 Å². The smallest absolute Gasteiger partial charge is 0.320 e. The van der Waals surface area contributed by atoms with Gasteiger partial charge in [0, 0.05) is 17.7 Å². The molecule has 1 aliphatic heterocycles. The number of nitrogens with zero attached hydrogens (tertiary/aromatic N) is 3. The number of ether oxygens (including phenoxy) is 1. The van der Waals surface area contributed by atoms with Crippen LogP contribution in [0, 0.1) is 0 Å². The number of hydrogen-bond donors (Lipinski definition) is 1. The minimum atomic E-state index is -0.779. The fourth-order valence-electron chi connectivity index (χ4n) is 4.11. The summed E-state index contributed by atoms with van der Waals surface area (Å²) in [5.41, 5.74) is 2.36. The lowest BCUT2D eigenvalue weighted by molar-refractivity contribution is -0.142. The molecule has 1 unspecified atom stereocenters. The molecule has 5 rings (SSSR count). The fraction of sp³-hybridized carbons (Fsp3) is 0.192. The Kier molecular flexibility index (Phi) is 6.29. The highest BCUT2D eigenvalue weighted by atomic mass is 35.5. The summed E-state index contributed by atoms with van der Waals surface area (Å²) in [6.07, 6.45) is 1.56. The molecule has 1 saturated heterocycles. The predicted molar refractivity (Wildman–Crippen MR) is 128 cm³/mol. The van der Waals surface area contributed by atoms with Crippen molar-refractivity contribution in [2.24, 2.45) is 0 Å². The largest absolute Gasteiger partial charge is 0.480 e. The van der Waals surface area contributed by atoms with Crippen LogP contribution in [-0.4, -0.2) is 38.7 Å². The van der Waals surface area contributed by atoms with Crippen LogP contribution >= 0.6 is 11.6 Å². The van der Waals surface area contributed by atoms with Crippen LogP contribution in [0.15, 0.2) is 77.3 Å². The van der Waals surface area contributed by atoms with Crippen LogP contribution in [0.2, 0.25) is 5.02 Å². The van der Waals surface area contributed by atoms with Crippen LogP contribution in [0.3, 0.4) is 0 Å². The molecule has 2 heterocycles. The fourth-order valence-corrected chi connectivity index (χ4v) is 4.40. The third kappa shape index (κ3) is 4.81. The molecule has 0 bridgehead atoms. The summed E-state index contributed by atoms with van der Waals surface area (Å²) < 4.78 is 11.3. The number of carboxylic acid groups (broad SMARTS) is 1. The maximum atomic E-state index is 11.4. The first-order valence-corrected chi connectivity index (χ1v) is 11.4. The van der Waals surface area contributed by atoms with E-state index in [2.05, 4.69) is 10.1 Å². The molecule has 0 amide bonds. The van der Waals surface area contributed by atoms with Crippen LogP contribution < -0.4 is 4.74 Å². The molecule has 4 aromatic rings. The van der Waals surface area contributed by atoms with Gasteiger partial charge in [0.15, 0.2) is 0 Å². The van der Waals surface area contributed by atoms with Crippen molar-refractivity contribution in [3.63, 3.8) is 0 Å². The van der Waals surface area contributed by atoms with Crippen LogP contribution in [0.1, 0.15) is 18.4 Å². The summed E-state index contributed by atoms with van der Waals surface area (Å²) in [7, 11) is 0. The number of aromatic nitrogens is 2. The maximum absolute atomic E-state index is 11.4. The lowest BCUT2D eigenvalue weighted by atomic mass is 10.1. The highest BCUT2D eigenvalue weighted by molar-refractivity contribution is 6.33. The zero-order chi connectivity index (χ0) is 23.5. The summed E-state index contributed by atoms with van der Waals surface area (Å²) in [6, 6.07) is 22.1. The van der Waals surface area contributed by atoms with Gasteiger partial charge in [0.1, 0.15) is 17.5 Å². The number of carbonyl (C=O) groups is 1. The molecule has 172 valence electrons. The van der Waals surface area contributed by atoms with E-state index in [1.807, 2.05) is 77.7 Å². The SMILES string of the molecule is O=C(O)C1CCCN1Cc1ccc(-c2noc(-c3ccc(Oc4ccccc4)cc3)n2)c(Cl)c1. The Hall–Kier alpha value is -3.68. The minimum absolute atomic E-state index is 0.378. The number of rotatable bonds is 7. The topological polar surface area (TPSA) is 88.7 Å². The second-order valence-electron chi connectivity index (χ2n) is 8.14. The summed E-state index contributed by atoms with van der Waals surface area (Å²) in [6.45, 7) is 1.30. The second kappa shape index (κ2) is 9.67. The monoisotopic (exact) mass is 475 g/mol. The molecule has 7 nitrogen and oxygen atoms in total. The summed E-state index contributed by atoms with van der Waals surface area (Å²) in [5, 5.41) is 14.0. The zero-order valence-corrected chi connectivity index (χ0v) is 19.0. The Labute approximate surface area is 201 Å². The average Bonchev–Trinajstić information content (AvgIpc) is 3.51. The van der Waals surface area contributed by atoms with Crippen LogP contribution in [0.25, 0.3) is 22.8 Å². The van der Waals surface area contributed by atoms with Crippen LogP contribution in [0.5, 0.6) is 11.5 Å². The van der Waals surface area contributed by atoms with Gasteiger partial charge >= 0.3 is 5.97 Å². The highest BCUT2D eigenvalue weighted by Gasteiger charge is 2.30. The third-order valence-electron chi connectivity index (χ3n) is 5.81. The number of para-hydroxylation sites is 1. The standard InChI is InChI=1S/C26H22ClN3O4/c27-22-15-17(16-30-14-4-7-23(30)26(31)32)8-13-21(22)24-28-25(34-29-24)18-9-11-20(12-10-18)33-19-5-2-1-3-6-19/h1-3,5-6,8-13,15,23H,4,7,14,16H2,(H,31,32). The predicted octanol–water partition coefficient (Wildman–Crippen LogP) is 5.90. The van der Waals surface area contributed by atoms with Gasteiger partial charge in [-0.25, -0.2) is 0 Å². The first kappa shape index (κ1) is 22.1. The molecule has 1 N–H and O–H groups in total. The van der Waals surface area contributed by atoms with E-state index in [1.54, 1.807) is 0 Å². The Balaban J connectivity index is 1.29. The number of carboxylic acids is 1. The van der Waals surface area contributed by atoms with Gasteiger partial charge in [-0.05, 0) is 73.5 Å². The van der Waals surface area contributed by atoms with Gasteiger partial charge in [-0.3, -0.25) is 9.69 Å². The molecule has 1 atom stereocenters. The molecule has 34 heavy (non-hydrogen) atoms. The van der Waals surface area contributed by atoms with E-state index in [-0.39, 0.29) is 0 Å². The normalized spacial score (nSPS) is 16.0. The van der Waals surface area contributed by atoms with Gasteiger partial charge < -0.3 is 14.4 Å². The molecular weight excluding hydrogens is 454 g/mol. The Morgan fingerprint density at radius 2 is 1.85 bits per heavy atom. The van der Waals surface area contributed by atoms with Crippen molar-refractivity contribution in [1.29, 1.82) is 0 Å². The van der Waals surface area contributed by atoms with Crippen molar-refractivity contribution in [2.75, 3.05) is 6.54 Å². The van der Waals surface area contributed by atoms with E-state index in [4.69, 9.17) is 20.9 Å². The van der Waals surface area contributed by atoms with E-state index in [1.165, 1.54) is 0 Å². The quantitative estimate of drug-likeness (QED) is 0.356. The number of likely N-dealkylation sites (tertiary alicyclic amines) is 1. The van der Waals surface area contributed by atoms with E-state index in [0.717, 1.165) is 29.8 Å². The Morgan fingerprint density at radius 1 is 1.09 bits per heavy atom. The lowest BCUT2D eigenvalue weighted by Gasteiger charge is -2.21. The zero-order valence-electron chi connectivity index (χ0n) is 18.2. The van der Waals surface area contributed by atoms with E-state index < -0.39 is 12.0 Å². The van der Waals surface area contributed by atoms with Crippen LogP contribution in [-0.2, 0) is 11.3 Å². The van der Waals surface area contributed by atoms with Crippen molar-refractivity contribution < 1.29 is 19.2 Å².